The highest BCUT2D eigenvalue weighted by Crippen LogP contribution is 2.35. The third-order valence-electron chi connectivity index (χ3n) is 4.81. The van der Waals surface area contributed by atoms with Gasteiger partial charge in [-0.15, -0.1) is 11.3 Å². The summed E-state index contributed by atoms with van der Waals surface area (Å²) in [6.45, 7) is 1.53. The summed E-state index contributed by atoms with van der Waals surface area (Å²) in [5.74, 6) is -0.612. The van der Waals surface area contributed by atoms with Crippen LogP contribution in [0.3, 0.4) is 0 Å². The van der Waals surface area contributed by atoms with Crippen LogP contribution in [0, 0.1) is 10.1 Å². The molecule has 3 aromatic rings. The van der Waals surface area contributed by atoms with Crippen LogP contribution < -0.4 is 15.0 Å². The van der Waals surface area contributed by atoms with Crippen LogP contribution in [0.25, 0.3) is 11.3 Å². The highest BCUT2D eigenvalue weighted by molar-refractivity contribution is 7.14. The largest absolute Gasteiger partial charge is 0.482 e. The number of carbonyl (C=O) groups is 2. The van der Waals surface area contributed by atoms with E-state index in [4.69, 9.17) is 4.74 Å². The van der Waals surface area contributed by atoms with E-state index in [0.717, 1.165) is 17.7 Å². The first-order chi connectivity index (χ1) is 14.9. The monoisotopic (exact) mass is 438 g/mol. The average Bonchev–Trinajstić information content (AvgIpc) is 3.23. The summed E-state index contributed by atoms with van der Waals surface area (Å²) in [6.07, 6.45) is 0.950. The van der Waals surface area contributed by atoms with Crippen molar-refractivity contribution >= 4 is 39.7 Å². The number of carbonyl (C=O) groups excluding carboxylic acids is 2. The molecule has 0 atom stereocenters. The number of nitrogens with one attached hydrogen (secondary N) is 1. The third kappa shape index (κ3) is 4.38. The first-order valence-electron chi connectivity index (χ1n) is 9.51. The Labute approximate surface area is 181 Å². The van der Waals surface area contributed by atoms with E-state index in [9.17, 15) is 19.7 Å². The standard InChI is InChI=1S/C21H18N4O5S/c1-2-13-3-5-14(6-4-13)16-12-31-21(22-16)23-19(26)10-24-17-9-15(25(28)29)7-8-18(17)30-11-20(24)27/h3-9,12H,2,10-11H2,1H3,(H,22,23,26). The first kappa shape index (κ1) is 20.5. The van der Waals surface area contributed by atoms with Crippen LogP contribution in [0.15, 0.2) is 47.8 Å². The molecule has 0 bridgehead atoms. The molecule has 2 aromatic carbocycles. The second kappa shape index (κ2) is 8.52. The molecule has 0 aliphatic carbocycles. The molecular formula is C21H18N4O5S. The maximum atomic E-state index is 12.6. The quantitative estimate of drug-likeness (QED) is 0.464. The van der Waals surface area contributed by atoms with Crippen LogP contribution in [-0.4, -0.2) is 34.9 Å². The molecule has 1 aliphatic rings. The Morgan fingerprint density at radius 1 is 1.29 bits per heavy atom. The van der Waals surface area contributed by atoms with Crippen LogP contribution in [0.4, 0.5) is 16.5 Å². The maximum Gasteiger partial charge on any atom is 0.271 e. The Morgan fingerprint density at radius 2 is 2.06 bits per heavy atom. The third-order valence-corrected chi connectivity index (χ3v) is 5.56. The van der Waals surface area contributed by atoms with E-state index in [1.54, 1.807) is 0 Å². The molecule has 31 heavy (non-hydrogen) atoms. The lowest BCUT2D eigenvalue weighted by atomic mass is 10.1. The molecular weight excluding hydrogens is 420 g/mol. The van der Waals surface area contributed by atoms with Crippen molar-refractivity contribution in [2.24, 2.45) is 0 Å². The minimum atomic E-state index is -0.568. The van der Waals surface area contributed by atoms with E-state index in [2.05, 4.69) is 17.2 Å². The number of hydrogen-bond donors (Lipinski definition) is 1. The number of nitrogens with zero attached hydrogens (tertiary/aromatic N) is 3. The van der Waals surface area contributed by atoms with Crippen LogP contribution in [0.2, 0.25) is 0 Å². The lowest BCUT2D eigenvalue weighted by Crippen LogP contribution is -2.43. The summed E-state index contributed by atoms with van der Waals surface area (Å²) >= 11 is 1.28. The van der Waals surface area contributed by atoms with Crippen LogP contribution >= 0.6 is 11.3 Å². The fraction of sp³-hybridized carbons (Fsp3) is 0.190. The van der Waals surface area contributed by atoms with Crippen molar-refractivity contribution in [2.45, 2.75) is 13.3 Å². The molecule has 0 spiro atoms. The molecule has 2 heterocycles. The topological polar surface area (TPSA) is 115 Å². The predicted molar refractivity (Wildman–Crippen MR) is 117 cm³/mol. The van der Waals surface area contributed by atoms with Gasteiger partial charge < -0.3 is 10.1 Å². The Hall–Kier alpha value is -3.79. The number of fused-ring (bicyclic) bond motifs is 1. The van der Waals surface area contributed by atoms with Crippen molar-refractivity contribution in [1.82, 2.24) is 4.98 Å². The number of rotatable bonds is 6. The van der Waals surface area contributed by atoms with Gasteiger partial charge in [0.25, 0.3) is 11.6 Å². The molecule has 0 fully saturated rings. The van der Waals surface area contributed by atoms with Gasteiger partial charge in [0.1, 0.15) is 12.3 Å². The fourth-order valence-electron chi connectivity index (χ4n) is 3.15. The lowest BCUT2D eigenvalue weighted by Gasteiger charge is -2.28. The molecule has 2 amide bonds. The summed E-state index contributed by atoms with van der Waals surface area (Å²) in [7, 11) is 0. The zero-order valence-electron chi connectivity index (χ0n) is 16.5. The normalized spacial score (nSPS) is 12.8. The van der Waals surface area contributed by atoms with Gasteiger partial charge in [0.15, 0.2) is 11.7 Å². The van der Waals surface area contributed by atoms with E-state index < -0.39 is 16.7 Å². The molecule has 0 radical (unpaired) electrons. The van der Waals surface area contributed by atoms with Crippen molar-refractivity contribution in [1.29, 1.82) is 0 Å². The second-order valence-electron chi connectivity index (χ2n) is 6.81. The molecule has 10 heteroatoms. The number of nitro benzene ring substituents is 1. The van der Waals surface area contributed by atoms with Gasteiger partial charge in [-0.25, -0.2) is 4.98 Å². The Bertz CT molecular complexity index is 1160. The molecule has 0 unspecified atom stereocenters. The summed E-state index contributed by atoms with van der Waals surface area (Å²) in [5, 5.41) is 16.0. The van der Waals surface area contributed by atoms with E-state index in [1.807, 2.05) is 29.6 Å². The van der Waals surface area contributed by atoms with Gasteiger partial charge in [-0.05, 0) is 18.1 Å². The van der Waals surface area contributed by atoms with E-state index in [0.29, 0.717) is 10.9 Å². The SMILES string of the molecule is CCc1ccc(-c2csc(NC(=O)CN3C(=O)COc4ccc([N+](=O)[O-])cc43)n2)cc1. The Morgan fingerprint density at radius 3 is 2.77 bits per heavy atom. The Balaban J connectivity index is 1.48. The number of anilines is 2. The maximum absolute atomic E-state index is 12.6. The van der Waals surface area contributed by atoms with Gasteiger partial charge in [-0.1, -0.05) is 31.2 Å². The molecule has 1 aromatic heterocycles. The molecule has 1 N–H and O–H groups in total. The summed E-state index contributed by atoms with van der Waals surface area (Å²) in [6, 6.07) is 12.0. The number of ether oxygens (including phenoxy) is 1. The number of non-ortho nitro benzene ring substituents is 1. The number of nitro groups is 1. The average molecular weight is 438 g/mol. The second-order valence-corrected chi connectivity index (χ2v) is 7.67. The van der Waals surface area contributed by atoms with E-state index >= 15 is 0 Å². The highest BCUT2D eigenvalue weighted by Gasteiger charge is 2.29. The van der Waals surface area contributed by atoms with Gasteiger partial charge >= 0.3 is 0 Å². The van der Waals surface area contributed by atoms with Crippen molar-refractivity contribution in [2.75, 3.05) is 23.4 Å². The molecule has 1 aliphatic heterocycles. The van der Waals surface area contributed by atoms with Crippen molar-refractivity contribution in [3.8, 4) is 17.0 Å². The number of benzene rings is 2. The van der Waals surface area contributed by atoms with E-state index in [1.165, 1.54) is 40.0 Å². The predicted octanol–water partition coefficient (Wildman–Crippen LogP) is 3.64. The smallest absolute Gasteiger partial charge is 0.271 e. The van der Waals surface area contributed by atoms with Crippen molar-refractivity contribution in [3.63, 3.8) is 0 Å². The Kier molecular flexibility index (Phi) is 5.63. The van der Waals surface area contributed by atoms with Gasteiger partial charge in [0.2, 0.25) is 5.91 Å². The fourth-order valence-corrected chi connectivity index (χ4v) is 3.89. The van der Waals surface area contributed by atoms with Gasteiger partial charge in [-0.3, -0.25) is 24.6 Å². The van der Waals surface area contributed by atoms with Gasteiger partial charge in [0.05, 0.1) is 16.3 Å². The number of aromatic nitrogens is 1. The number of aryl methyl sites for hydroxylation is 1. The van der Waals surface area contributed by atoms with Crippen LogP contribution in [0.5, 0.6) is 5.75 Å². The van der Waals surface area contributed by atoms with Crippen molar-refractivity contribution in [3.05, 3.63) is 63.5 Å². The first-order valence-corrected chi connectivity index (χ1v) is 10.4. The molecule has 158 valence electrons. The zero-order chi connectivity index (χ0) is 22.0. The lowest BCUT2D eigenvalue weighted by molar-refractivity contribution is -0.384. The minimum absolute atomic E-state index is 0.191. The molecule has 9 nitrogen and oxygen atoms in total. The van der Waals surface area contributed by atoms with Crippen LogP contribution in [-0.2, 0) is 16.0 Å². The molecule has 4 rings (SSSR count). The summed E-state index contributed by atoms with van der Waals surface area (Å²) < 4.78 is 5.31. The van der Waals surface area contributed by atoms with E-state index in [-0.39, 0.29) is 24.5 Å². The molecule has 0 saturated heterocycles. The van der Waals surface area contributed by atoms with Gasteiger partial charge in [0, 0.05) is 23.1 Å². The molecule has 0 saturated carbocycles. The summed E-state index contributed by atoms with van der Waals surface area (Å²) in [4.78, 5) is 41.0. The number of amides is 2. The number of hydrogen-bond acceptors (Lipinski definition) is 7. The number of thiazole rings is 1. The minimum Gasteiger partial charge on any atom is -0.482 e. The van der Waals surface area contributed by atoms with Crippen LogP contribution in [0.1, 0.15) is 12.5 Å². The zero-order valence-corrected chi connectivity index (χ0v) is 17.3. The van der Waals surface area contributed by atoms with Gasteiger partial charge in [-0.2, -0.15) is 0 Å². The summed E-state index contributed by atoms with van der Waals surface area (Å²) in [5.41, 5.74) is 2.91. The van der Waals surface area contributed by atoms with Crippen molar-refractivity contribution < 1.29 is 19.2 Å². The highest BCUT2D eigenvalue weighted by atomic mass is 32.1.